The lowest BCUT2D eigenvalue weighted by molar-refractivity contribution is -0.424. The Morgan fingerprint density at radius 2 is 1.92 bits per heavy atom. The second kappa shape index (κ2) is 7.36. The largest absolute Gasteiger partial charge is 0.497 e. The number of ether oxygens (including phenoxy) is 1. The van der Waals surface area contributed by atoms with Crippen LogP contribution in [0.15, 0.2) is 18.2 Å². The van der Waals surface area contributed by atoms with Crippen molar-refractivity contribution in [1.29, 1.82) is 0 Å². The number of carbonyl (C=O) groups excluding carboxylic acids is 1. The Balaban J connectivity index is 1.38. The zero-order valence-corrected chi connectivity index (χ0v) is 22.4. The Bertz CT molecular complexity index is 1110. The monoisotopic (exact) mass is 494 g/mol. The van der Waals surface area contributed by atoms with Crippen LogP contribution < -0.4 is 4.74 Å². The minimum absolute atomic E-state index is 0.00805. The number of fused-ring (bicyclic) bond motifs is 4. The summed E-state index contributed by atoms with van der Waals surface area (Å²) in [5, 5.41) is 12.8. The molecule has 8 atom stereocenters. The number of carbonyl (C=O) groups is 1. The van der Waals surface area contributed by atoms with Crippen molar-refractivity contribution in [2.24, 2.45) is 34.0 Å². The molecule has 5 aliphatic carbocycles. The fraction of sp³-hybridized carbons (Fsp3) is 0.774. The molecule has 1 heterocycles. The Hall–Kier alpha value is -1.43. The van der Waals surface area contributed by atoms with Crippen LogP contribution in [0.5, 0.6) is 5.75 Å². The molecular weight excluding hydrogens is 452 g/mol. The molecule has 1 aliphatic heterocycles. The number of benzene rings is 1. The van der Waals surface area contributed by atoms with Gasteiger partial charge in [0.05, 0.1) is 19.3 Å². The lowest BCUT2D eigenvalue weighted by atomic mass is 9.36. The van der Waals surface area contributed by atoms with Gasteiger partial charge in [-0.15, -0.1) is 0 Å². The van der Waals surface area contributed by atoms with E-state index in [1.165, 1.54) is 24.0 Å². The van der Waals surface area contributed by atoms with Gasteiger partial charge in [0.25, 0.3) is 0 Å². The van der Waals surface area contributed by atoms with Crippen LogP contribution in [-0.2, 0) is 21.0 Å². The Morgan fingerprint density at radius 1 is 1.08 bits per heavy atom. The number of rotatable bonds is 1. The molecular formula is C31H42O5. The van der Waals surface area contributed by atoms with Gasteiger partial charge in [0.15, 0.2) is 0 Å². The van der Waals surface area contributed by atoms with Crippen LogP contribution in [-0.4, -0.2) is 35.8 Å². The maximum Gasteiger partial charge on any atom is 0.139 e. The normalized spacial score (nSPS) is 48.5. The van der Waals surface area contributed by atoms with E-state index >= 15 is 0 Å². The zero-order valence-electron chi connectivity index (χ0n) is 22.4. The van der Waals surface area contributed by atoms with Gasteiger partial charge in [0, 0.05) is 24.2 Å². The number of hydrogen-bond acceptors (Lipinski definition) is 5. The lowest BCUT2D eigenvalue weighted by Gasteiger charge is -2.69. The van der Waals surface area contributed by atoms with Gasteiger partial charge in [0.2, 0.25) is 0 Å². The van der Waals surface area contributed by atoms with Gasteiger partial charge < -0.3 is 9.84 Å². The number of Topliss-reactive ketones (excluding diaryl/α,β-unsaturated/α-hetero) is 1. The molecule has 2 spiro atoms. The summed E-state index contributed by atoms with van der Waals surface area (Å²) in [4.78, 5) is 25.9. The molecule has 36 heavy (non-hydrogen) atoms. The average Bonchev–Trinajstić information content (AvgIpc) is 3.19. The molecule has 5 heteroatoms. The van der Waals surface area contributed by atoms with E-state index in [0.29, 0.717) is 30.6 Å². The molecule has 6 aliphatic rings. The third-order valence-electron chi connectivity index (χ3n) is 11.9. The predicted octanol–water partition coefficient (Wildman–Crippen LogP) is 5.77. The number of hydrogen-bond donors (Lipinski definition) is 1. The van der Waals surface area contributed by atoms with Crippen molar-refractivity contribution < 1.29 is 24.4 Å². The lowest BCUT2D eigenvalue weighted by Crippen LogP contribution is -2.71. The van der Waals surface area contributed by atoms with E-state index in [0.717, 1.165) is 44.3 Å². The molecule has 1 unspecified atom stereocenters. The van der Waals surface area contributed by atoms with Crippen LogP contribution in [0.1, 0.15) is 95.6 Å². The molecule has 1 saturated heterocycles. The van der Waals surface area contributed by atoms with Crippen LogP contribution in [0.2, 0.25) is 0 Å². The highest BCUT2D eigenvalue weighted by Crippen LogP contribution is 2.73. The highest BCUT2D eigenvalue weighted by atomic mass is 17.2. The zero-order chi connectivity index (χ0) is 25.1. The van der Waals surface area contributed by atoms with Gasteiger partial charge in [-0.2, -0.15) is 0 Å². The van der Waals surface area contributed by atoms with Gasteiger partial charge in [-0.05, 0) is 96.8 Å². The second-order valence-corrected chi connectivity index (χ2v) is 14.6. The Kier molecular flexibility index (Phi) is 4.84. The third kappa shape index (κ3) is 3.03. The van der Waals surface area contributed by atoms with E-state index < -0.39 is 11.2 Å². The molecule has 5 fully saturated rings. The van der Waals surface area contributed by atoms with E-state index in [4.69, 9.17) is 14.5 Å². The standard InChI is InChI=1S/C31H42O5/c1-27(2)16-29(36-35-18-27)10-11-30-13-19-12-20(34-4)7-8-21(19)22-14-28(3)9-5-6-23(28)25(26(22)30)24(32)15-31(30,33)17-29/h7-8,12,22-23,25-26,33H,5-6,9-11,13-18H2,1-4H3/t22-,23-,25-,26+,28+,29?,30+,31-/m1/s1. The van der Waals surface area contributed by atoms with Gasteiger partial charge in [0.1, 0.15) is 17.1 Å². The second-order valence-electron chi connectivity index (χ2n) is 14.6. The maximum atomic E-state index is 14.2. The smallest absolute Gasteiger partial charge is 0.139 e. The molecule has 1 N–H and O–H groups in total. The summed E-state index contributed by atoms with van der Waals surface area (Å²) in [6.07, 6.45) is 8.93. The molecule has 0 radical (unpaired) electrons. The third-order valence-corrected chi connectivity index (χ3v) is 11.9. The summed E-state index contributed by atoms with van der Waals surface area (Å²) in [6.45, 7) is 7.45. The Labute approximate surface area is 215 Å². The van der Waals surface area contributed by atoms with Crippen molar-refractivity contribution in [3.8, 4) is 5.75 Å². The first-order chi connectivity index (χ1) is 17.0. The number of ketones is 1. The summed E-state index contributed by atoms with van der Waals surface area (Å²) in [5.41, 5.74) is 1.02. The Morgan fingerprint density at radius 3 is 2.69 bits per heavy atom. The van der Waals surface area contributed by atoms with Crippen LogP contribution in [0.25, 0.3) is 0 Å². The van der Waals surface area contributed by atoms with Gasteiger partial charge in [-0.1, -0.05) is 33.3 Å². The van der Waals surface area contributed by atoms with Gasteiger partial charge >= 0.3 is 0 Å². The van der Waals surface area contributed by atoms with E-state index in [9.17, 15) is 9.90 Å². The van der Waals surface area contributed by atoms with Crippen LogP contribution in [0.3, 0.4) is 0 Å². The highest BCUT2D eigenvalue weighted by molar-refractivity contribution is 5.85. The first kappa shape index (κ1) is 23.7. The molecule has 1 aromatic rings. The van der Waals surface area contributed by atoms with Crippen molar-refractivity contribution in [1.82, 2.24) is 0 Å². The summed E-state index contributed by atoms with van der Waals surface area (Å²) < 4.78 is 5.65. The van der Waals surface area contributed by atoms with E-state index in [1.54, 1.807) is 7.11 Å². The summed E-state index contributed by atoms with van der Waals surface area (Å²) in [6, 6.07) is 6.57. The maximum absolute atomic E-state index is 14.2. The summed E-state index contributed by atoms with van der Waals surface area (Å²) >= 11 is 0. The van der Waals surface area contributed by atoms with Gasteiger partial charge in [-0.3, -0.25) is 4.79 Å². The predicted molar refractivity (Wildman–Crippen MR) is 136 cm³/mol. The SMILES string of the molecule is COc1ccc2c(c1)C[C@]13CCC4(CC(C)(C)COO4)C[C@]1(O)CC(=O)[C@@H]1[C@@H]3[C@@H]2C[C@]2(C)CCC[C@H]12. The van der Waals surface area contributed by atoms with Crippen molar-refractivity contribution in [3.05, 3.63) is 29.3 Å². The average molecular weight is 495 g/mol. The topological polar surface area (TPSA) is 65.0 Å². The first-order valence-corrected chi connectivity index (χ1v) is 14.3. The molecule has 7 rings (SSSR count). The molecule has 0 amide bonds. The van der Waals surface area contributed by atoms with Crippen molar-refractivity contribution in [2.75, 3.05) is 13.7 Å². The van der Waals surface area contributed by atoms with Crippen molar-refractivity contribution in [2.45, 2.75) is 102 Å². The van der Waals surface area contributed by atoms with Crippen molar-refractivity contribution in [3.63, 3.8) is 0 Å². The summed E-state index contributed by atoms with van der Waals surface area (Å²) in [7, 11) is 1.73. The fourth-order valence-corrected chi connectivity index (χ4v) is 10.7. The van der Waals surface area contributed by atoms with Crippen molar-refractivity contribution >= 4 is 5.78 Å². The molecule has 196 valence electrons. The molecule has 5 nitrogen and oxygen atoms in total. The molecule has 1 aromatic carbocycles. The van der Waals surface area contributed by atoms with E-state index in [2.05, 4.69) is 39.0 Å². The molecule has 4 saturated carbocycles. The minimum Gasteiger partial charge on any atom is -0.497 e. The summed E-state index contributed by atoms with van der Waals surface area (Å²) in [5.74, 6) is 2.24. The van der Waals surface area contributed by atoms with Gasteiger partial charge in [-0.25, -0.2) is 9.78 Å². The highest BCUT2D eigenvalue weighted by Gasteiger charge is 2.73. The van der Waals surface area contributed by atoms with Crippen LogP contribution in [0, 0.1) is 34.0 Å². The van der Waals surface area contributed by atoms with E-state index in [1.807, 2.05) is 0 Å². The van der Waals surface area contributed by atoms with Crippen LogP contribution >= 0.6 is 0 Å². The number of methoxy groups -OCH3 is 1. The van der Waals surface area contributed by atoms with E-state index in [-0.39, 0.29) is 34.5 Å². The molecule has 0 bridgehead atoms. The number of aliphatic hydroxyl groups is 1. The van der Waals surface area contributed by atoms with Crippen LogP contribution in [0.4, 0.5) is 0 Å². The first-order valence-electron chi connectivity index (χ1n) is 14.3. The molecule has 0 aromatic heterocycles. The minimum atomic E-state index is -1.08. The fourth-order valence-electron chi connectivity index (χ4n) is 10.7. The quantitative estimate of drug-likeness (QED) is 0.502.